The van der Waals surface area contributed by atoms with Gasteiger partial charge in [0.1, 0.15) is 6.33 Å². The van der Waals surface area contributed by atoms with Crippen molar-refractivity contribution in [2.45, 2.75) is 52.9 Å². The van der Waals surface area contributed by atoms with Crippen molar-refractivity contribution in [3.8, 4) is 0 Å². The van der Waals surface area contributed by atoms with Gasteiger partial charge in [-0.3, -0.25) is 4.79 Å². The second kappa shape index (κ2) is 4.80. The fourth-order valence-electron chi connectivity index (χ4n) is 2.67. The minimum absolute atomic E-state index is 0.0468. The Morgan fingerprint density at radius 2 is 2.00 bits per heavy atom. The third-order valence-electron chi connectivity index (χ3n) is 3.83. The molecule has 1 aliphatic rings. The molecule has 1 aromatic rings. The van der Waals surface area contributed by atoms with E-state index in [-0.39, 0.29) is 35.9 Å². The molecule has 5 heteroatoms. The fraction of sp³-hybridized carbons (Fsp3) is 0.769. The van der Waals surface area contributed by atoms with Gasteiger partial charge in [0.25, 0.3) is 0 Å². The van der Waals surface area contributed by atoms with E-state index in [9.17, 15) is 4.79 Å². The van der Waals surface area contributed by atoms with Gasteiger partial charge in [0.05, 0.1) is 18.1 Å². The van der Waals surface area contributed by atoms with E-state index in [4.69, 9.17) is 4.74 Å². The summed E-state index contributed by atoms with van der Waals surface area (Å²) >= 11 is 0. The van der Waals surface area contributed by atoms with Crippen LogP contribution in [0.25, 0.3) is 0 Å². The predicted molar refractivity (Wildman–Crippen MR) is 67.4 cm³/mol. The molecule has 0 amide bonds. The molecule has 0 aliphatic carbocycles. The maximum Gasteiger partial charge on any atom is 0.205 e. The Morgan fingerprint density at radius 3 is 2.50 bits per heavy atom. The highest BCUT2D eigenvalue weighted by Gasteiger charge is 2.43. The molecule has 0 spiro atoms. The largest absolute Gasteiger partial charge is 0.374 e. The zero-order valence-electron chi connectivity index (χ0n) is 11.6. The van der Waals surface area contributed by atoms with Crippen LogP contribution in [0.2, 0.25) is 0 Å². The summed E-state index contributed by atoms with van der Waals surface area (Å²) in [6.45, 7) is 10.0. The van der Waals surface area contributed by atoms with E-state index in [0.717, 1.165) is 0 Å². The average molecular weight is 251 g/mol. The molecule has 0 aromatic carbocycles. The van der Waals surface area contributed by atoms with E-state index in [2.05, 4.69) is 17.0 Å². The zero-order valence-corrected chi connectivity index (χ0v) is 11.6. The molecule has 2 heterocycles. The maximum absolute atomic E-state index is 12.6. The number of carbonyl (C=O) groups is 1. The van der Waals surface area contributed by atoms with E-state index in [1.54, 1.807) is 4.68 Å². The van der Waals surface area contributed by atoms with Gasteiger partial charge in [-0.1, -0.05) is 6.92 Å². The van der Waals surface area contributed by atoms with Gasteiger partial charge in [0.15, 0.2) is 5.82 Å². The number of hydrogen-bond acceptors (Lipinski definition) is 4. The van der Waals surface area contributed by atoms with Crippen LogP contribution in [0.5, 0.6) is 0 Å². The van der Waals surface area contributed by atoms with Crippen molar-refractivity contribution < 1.29 is 9.53 Å². The molecule has 0 saturated carbocycles. The first kappa shape index (κ1) is 13.2. The number of ketones is 1. The van der Waals surface area contributed by atoms with Crippen LogP contribution in [0.1, 0.15) is 51.3 Å². The number of carbonyl (C=O) groups excluding carboxylic acids is 1. The lowest BCUT2D eigenvalue weighted by atomic mass is 9.85. The first-order valence-electron chi connectivity index (χ1n) is 6.52. The lowest BCUT2D eigenvalue weighted by Crippen LogP contribution is -2.29. The Balaban J connectivity index is 2.29. The highest BCUT2D eigenvalue weighted by molar-refractivity contribution is 5.95. The highest BCUT2D eigenvalue weighted by atomic mass is 16.5. The second-order valence-electron chi connectivity index (χ2n) is 5.42. The number of rotatable bonds is 3. The van der Waals surface area contributed by atoms with E-state index >= 15 is 0 Å². The topological polar surface area (TPSA) is 57.0 Å². The quantitative estimate of drug-likeness (QED) is 0.772. The standard InChI is InChI=1S/C13H21N3O2/c1-7(2)16-13(14-6-15-16)12(17)11-8(3)9(4)18-10(11)5/h6-11H,1-5H3. The molecule has 18 heavy (non-hydrogen) atoms. The normalized spacial score (nSPS) is 32.1. The van der Waals surface area contributed by atoms with Crippen molar-refractivity contribution in [1.82, 2.24) is 14.8 Å². The van der Waals surface area contributed by atoms with Gasteiger partial charge in [0.2, 0.25) is 5.78 Å². The molecule has 2 rings (SSSR count). The monoisotopic (exact) mass is 251 g/mol. The average Bonchev–Trinajstić information content (AvgIpc) is 2.85. The van der Waals surface area contributed by atoms with Gasteiger partial charge in [-0.25, -0.2) is 9.67 Å². The van der Waals surface area contributed by atoms with E-state index in [0.29, 0.717) is 5.82 Å². The Labute approximate surface area is 108 Å². The molecular weight excluding hydrogens is 230 g/mol. The molecule has 1 aliphatic heterocycles. The predicted octanol–water partition coefficient (Wildman–Crippen LogP) is 2.10. The van der Waals surface area contributed by atoms with Crippen molar-refractivity contribution >= 4 is 5.78 Å². The van der Waals surface area contributed by atoms with Gasteiger partial charge in [-0.2, -0.15) is 5.10 Å². The fourth-order valence-corrected chi connectivity index (χ4v) is 2.67. The van der Waals surface area contributed by atoms with E-state index in [1.807, 2.05) is 27.7 Å². The van der Waals surface area contributed by atoms with Crippen LogP contribution < -0.4 is 0 Å². The van der Waals surface area contributed by atoms with Crippen LogP contribution in [0, 0.1) is 11.8 Å². The van der Waals surface area contributed by atoms with Crippen molar-refractivity contribution in [2.75, 3.05) is 0 Å². The summed E-state index contributed by atoms with van der Waals surface area (Å²) in [5.41, 5.74) is 0. The van der Waals surface area contributed by atoms with E-state index in [1.165, 1.54) is 6.33 Å². The molecule has 1 aromatic heterocycles. The molecule has 0 bridgehead atoms. The molecular formula is C13H21N3O2. The lowest BCUT2D eigenvalue weighted by Gasteiger charge is -2.17. The van der Waals surface area contributed by atoms with Crippen molar-refractivity contribution in [3.05, 3.63) is 12.2 Å². The zero-order chi connectivity index (χ0) is 13.4. The van der Waals surface area contributed by atoms with Crippen LogP contribution >= 0.6 is 0 Å². The summed E-state index contributed by atoms with van der Waals surface area (Å²) in [5, 5.41) is 4.12. The van der Waals surface area contributed by atoms with Crippen LogP contribution in [0.15, 0.2) is 6.33 Å². The summed E-state index contributed by atoms with van der Waals surface area (Å²) < 4.78 is 7.41. The summed E-state index contributed by atoms with van der Waals surface area (Å²) in [5.74, 6) is 0.587. The first-order valence-corrected chi connectivity index (χ1v) is 6.52. The van der Waals surface area contributed by atoms with E-state index < -0.39 is 0 Å². The number of aromatic nitrogens is 3. The van der Waals surface area contributed by atoms with Crippen molar-refractivity contribution in [1.29, 1.82) is 0 Å². The summed E-state index contributed by atoms with van der Waals surface area (Å²) in [6, 6.07) is 0.136. The summed E-state index contributed by atoms with van der Waals surface area (Å²) in [6.07, 6.45) is 1.51. The third kappa shape index (κ3) is 2.07. The molecule has 1 saturated heterocycles. The molecule has 1 fully saturated rings. The Hall–Kier alpha value is -1.23. The Bertz CT molecular complexity index is 441. The van der Waals surface area contributed by atoms with Gasteiger partial charge >= 0.3 is 0 Å². The maximum atomic E-state index is 12.6. The number of Topliss-reactive ketones (excluding diaryl/α,β-unsaturated/α-hetero) is 1. The molecule has 0 N–H and O–H groups in total. The summed E-state index contributed by atoms with van der Waals surface area (Å²) in [4.78, 5) is 16.7. The minimum atomic E-state index is -0.123. The highest BCUT2D eigenvalue weighted by Crippen LogP contribution is 2.34. The number of ether oxygens (including phenoxy) is 1. The smallest absolute Gasteiger partial charge is 0.205 e. The third-order valence-corrected chi connectivity index (χ3v) is 3.83. The van der Waals surface area contributed by atoms with Crippen molar-refractivity contribution in [3.63, 3.8) is 0 Å². The molecule has 4 atom stereocenters. The second-order valence-corrected chi connectivity index (χ2v) is 5.42. The van der Waals surface area contributed by atoms with Gasteiger partial charge < -0.3 is 4.74 Å². The molecule has 5 nitrogen and oxygen atoms in total. The number of hydrogen-bond donors (Lipinski definition) is 0. The van der Waals surface area contributed by atoms with Gasteiger partial charge in [0, 0.05) is 6.04 Å². The lowest BCUT2D eigenvalue weighted by molar-refractivity contribution is 0.0487. The van der Waals surface area contributed by atoms with Crippen LogP contribution in [-0.2, 0) is 4.74 Å². The Morgan fingerprint density at radius 1 is 1.33 bits per heavy atom. The van der Waals surface area contributed by atoms with Gasteiger partial charge in [-0.15, -0.1) is 0 Å². The molecule has 4 unspecified atom stereocenters. The Kier molecular flexibility index (Phi) is 3.52. The van der Waals surface area contributed by atoms with Gasteiger partial charge in [-0.05, 0) is 33.6 Å². The molecule has 100 valence electrons. The first-order chi connectivity index (χ1) is 8.43. The number of nitrogens with zero attached hydrogens (tertiary/aromatic N) is 3. The van der Waals surface area contributed by atoms with Crippen molar-refractivity contribution in [2.24, 2.45) is 11.8 Å². The summed E-state index contributed by atoms with van der Waals surface area (Å²) in [7, 11) is 0. The van der Waals surface area contributed by atoms with Crippen LogP contribution in [0.4, 0.5) is 0 Å². The SMILES string of the molecule is CC1OC(C)C(C(=O)c2ncnn2C(C)C)C1C. The van der Waals surface area contributed by atoms with Crippen LogP contribution in [0.3, 0.4) is 0 Å². The van der Waals surface area contributed by atoms with Crippen LogP contribution in [-0.4, -0.2) is 32.8 Å². The minimum Gasteiger partial charge on any atom is -0.374 e. The molecule has 0 radical (unpaired) electrons.